The Morgan fingerprint density at radius 3 is 2.80 bits per heavy atom. The van der Waals surface area contributed by atoms with E-state index in [1.54, 1.807) is 12.1 Å². The van der Waals surface area contributed by atoms with Crippen LogP contribution in [0.3, 0.4) is 0 Å². The fourth-order valence-corrected chi connectivity index (χ4v) is 2.62. The molecule has 1 saturated heterocycles. The first kappa shape index (κ1) is 14.8. The van der Waals surface area contributed by atoms with Crippen LogP contribution in [0.1, 0.15) is 12.8 Å². The number of hydrogen-bond donors (Lipinski definition) is 2. The van der Waals surface area contributed by atoms with Crippen LogP contribution in [-0.4, -0.2) is 55.5 Å². The van der Waals surface area contributed by atoms with Crippen molar-refractivity contribution in [3.8, 4) is 0 Å². The third-order valence-corrected chi connectivity index (χ3v) is 3.81. The van der Waals surface area contributed by atoms with E-state index in [0.717, 1.165) is 25.2 Å². The topological polar surface area (TPSA) is 61.6 Å². The zero-order chi connectivity index (χ0) is 14.5. The van der Waals surface area contributed by atoms with E-state index in [2.05, 4.69) is 22.2 Å². The number of amides is 1. The number of hydrogen-bond acceptors (Lipinski definition) is 4. The Bertz CT molecular complexity index is 446. The van der Waals surface area contributed by atoms with E-state index >= 15 is 0 Å². The molecular weight excluding hydrogens is 252 g/mol. The highest BCUT2D eigenvalue weighted by molar-refractivity contribution is 5.92. The van der Waals surface area contributed by atoms with Gasteiger partial charge in [0.05, 0.1) is 6.54 Å². The minimum atomic E-state index is 0.0190. The van der Waals surface area contributed by atoms with Crippen LogP contribution >= 0.6 is 0 Å². The second-order valence-corrected chi connectivity index (χ2v) is 5.64. The normalized spacial score (nSPS) is 20.1. The molecule has 1 heterocycles. The van der Waals surface area contributed by atoms with Crippen molar-refractivity contribution in [2.24, 2.45) is 0 Å². The van der Waals surface area contributed by atoms with E-state index in [9.17, 15) is 4.79 Å². The van der Waals surface area contributed by atoms with Gasteiger partial charge in [-0.25, -0.2) is 0 Å². The van der Waals surface area contributed by atoms with E-state index in [-0.39, 0.29) is 5.91 Å². The van der Waals surface area contributed by atoms with E-state index in [0.29, 0.717) is 18.3 Å². The number of piperidine rings is 1. The molecule has 1 aromatic rings. The monoisotopic (exact) mass is 276 g/mol. The highest BCUT2D eigenvalue weighted by atomic mass is 16.2. The van der Waals surface area contributed by atoms with Crippen molar-refractivity contribution in [2.45, 2.75) is 18.9 Å². The lowest BCUT2D eigenvalue weighted by Crippen LogP contribution is -2.47. The lowest BCUT2D eigenvalue weighted by molar-refractivity contribution is -0.117. The number of nitrogens with one attached hydrogen (secondary N) is 1. The predicted molar refractivity (Wildman–Crippen MR) is 82.6 cm³/mol. The summed E-state index contributed by atoms with van der Waals surface area (Å²) in [5.74, 6) is 0.0190. The number of nitrogens with zero attached hydrogens (tertiary/aromatic N) is 2. The molecule has 20 heavy (non-hydrogen) atoms. The first-order valence-electron chi connectivity index (χ1n) is 7.09. The Morgan fingerprint density at radius 2 is 2.15 bits per heavy atom. The van der Waals surface area contributed by atoms with Crippen LogP contribution in [0.15, 0.2) is 24.3 Å². The number of carbonyl (C=O) groups is 1. The van der Waals surface area contributed by atoms with Gasteiger partial charge < -0.3 is 16.0 Å². The van der Waals surface area contributed by atoms with Crippen molar-refractivity contribution >= 4 is 17.3 Å². The van der Waals surface area contributed by atoms with Crippen molar-refractivity contribution in [3.05, 3.63) is 24.3 Å². The van der Waals surface area contributed by atoms with Gasteiger partial charge in [0.2, 0.25) is 5.91 Å². The molecular formula is C15H24N4O. The fraction of sp³-hybridized carbons (Fsp3) is 0.533. The fourth-order valence-electron chi connectivity index (χ4n) is 2.62. The maximum absolute atomic E-state index is 12.0. The number of rotatable bonds is 4. The number of carbonyl (C=O) groups excluding carboxylic acids is 1. The van der Waals surface area contributed by atoms with Crippen molar-refractivity contribution in [2.75, 3.05) is 44.8 Å². The van der Waals surface area contributed by atoms with Crippen LogP contribution in [0.5, 0.6) is 0 Å². The molecule has 0 aliphatic carbocycles. The highest BCUT2D eigenvalue weighted by Crippen LogP contribution is 2.14. The van der Waals surface area contributed by atoms with Gasteiger partial charge >= 0.3 is 0 Å². The Morgan fingerprint density at radius 1 is 1.45 bits per heavy atom. The van der Waals surface area contributed by atoms with Gasteiger partial charge in [0.25, 0.3) is 0 Å². The first-order chi connectivity index (χ1) is 9.54. The van der Waals surface area contributed by atoms with Gasteiger partial charge in [-0.05, 0) is 57.7 Å². The van der Waals surface area contributed by atoms with Gasteiger partial charge in [0.1, 0.15) is 0 Å². The van der Waals surface area contributed by atoms with Crippen LogP contribution in [0.25, 0.3) is 0 Å². The molecule has 1 aliphatic rings. The summed E-state index contributed by atoms with van der Waals surface area (Å²) in [6.07, 6.45) is 2.36. The quantitative estimate of drug-likeness (QED) is 0.812. The van der Waals surface area contributed by atoms with E-state index in [4.69, 9.17) is 5.73 Å². The lowest BCUT2D eigenvalue weighted by atomic mass is 10.1. The largest absolute Gasteiger partial charge is 0.399 e. The maximum atomic E-state index is 12.0. The second-order valence-electron chi connectivity index (χ2n) is 5.64. The van der Waals surface area contributed by atoms with Gasteiger partial charge in [0.15, 0.2) is 0 Å². The van der Waals surface area contributed by atoms with Crippen LogP contribution in [-0.2, 0) is 4.79 Å². The average Bonchev–Trinajstić information content (AvgIpc) is 2.41. The predicted octanol–water partition coefficient (Wildman–Crippen LogP) is 1.23. The summed E-state index contributed by atoms with van der Waals surface area (Å²) in [6, 6.07) is 7.68. The molecule has 110 valence electrons. The van der Waals surface area contributed by atoms with Gasteiger partial charge in [-0.3, -0.25) is 9.69 Å². The Labute approximate surface area is 120 Å². The smallest absolute Gasteiger partial charge is 0.238 e. The number of nitrogens with two attached hydrogens (primary N) is 1. The Balaban J connectivity index is 1.82. The number of benzene rings is 1. The Hall–Kier alpha value is -1.59. The molecule has 0 radical (unpaired) electrons. The summed E-state index contributed by atoms with van der Waals surface area (Å²) >= 11 is 0. The first-order valence-corrected chi connectivity index (χ1v) is 7.09. The summed E-state index contributed by atoms with van der Waals surface area (Å²) in [5.41, 5.74) is 7.11. The van der Waals surface area contributed by atoms with Crippen molar-refractivity contribution in [1.29, 1.82) is 0 Å². The Kier molecular flexibility index (Phi) is 4.98. The number of likely N-dealkylation sites (N-methyl/N-ethyl adjacent to an activating group) is 2. The molecule has 0 aromatic heterocycles. The van der Waals surface area contributed by atoms with Gasteiger partial charge in [0, 0.05) is 24.0 Å². The number of anilines is 2. The third kappa shape index (κ3) is 4.21. The minimum Gasteiger partial charge on any atom is -0.399 e. The molecule has 5 nitrogen and oxygen atoms in total. The molecule has 1 amide bonds. The van der Waals surface area contributed by atoms with Gasteiger partial charge in [-0.2, -0.15) is 0 Å². The maximum Gasteiger partial charge on any atom is 0.238 e. The third-order valence-electron chi connectivity index (χ3n) is 3.81. The molecule has 0 bridgehead atoms. The van der Waals surface area contributed by atoms with Crippen LogP contribution in [0.2, 0.25) is 0 Å². The van der Waals surface area contributed by atoms with Gasteiger partial charge in [-0.15, -0.1) is 0 Å². The van der Waals surface area contributed by atoms with Crippen LogP contribution in [0.4, 0.5) is 11.4 Å². The van der Waals surface area contributed by atoms with Crippen LogP contribution in [0, 0.1) is 0 Å². The molecule has 3 N–H and O–H groups in total. The van der Waals surface area contributed by atoms with Gasteiger partial charge in [-0.1, -0.05) is 0 Å². The average molecular weight is 276 g/mol. The highest BCUT2D eigenvalue weighted by Gasteiger charge is 2.22. The van der Waals surface area contributed by atoms with Crippen molar-refractivity contribution < 1.29 is 4.79 Å². The summed E-state index contributed by atoms with van der Waals surface area (Å²) in [5, 5.41) is 2.90. The zero-order valence-corrected chi connectivity index (χ0v) is 12.3. The zero-order valence-electron chi connectivity index (χ0n) is 12.3. The van der Waals surface area contributed by atoms with Crippen molar-refractivity contribution in [1.82, 2.24) is 9.80 Å². The van der Waals surface area contributed by atoms with E-state index < -0.39 is 0 Å². The molecule has 1 aliphatic heterocycles. The summed E-state index contributed by atoms with van der Waals surface area (Å²) < 4.78 is 0. The number of nitrogen functional groups attached to an aromatic ring is 1. The molecule has 5 heteroatoms. The molecule has 2 rings (SSSR count). The van der Waals surface area contributed by atoms with E-state index in [1.807, 2.05) is 19.2 Å². The SMILES string of the molecule is CN1CCCC(N(C)CC(=O)Nc2ccc(N)cc2)C1. The summed E-state index contributed by atoms with van der Waals surface area (Å²) in [6.45, 7) is 2.61. The molecule has 1 unspecified atom stereocenters. The lowest BCUT2D eigenvalue weighted by Gasteiger charge is -2.35. The molecule has 0 spiro atoms. The number of likely N-dealkylation sites (tertiary alicyclic amines) is 1. The van der Waals surface area contributed by atoms with Crippen molar-refractivity contribution in [3.63, 3.8) is 0 Å². The molecule has 0 saturated carbocycles. The molecule has 1 fully saturated rings. The van der Waals surface area contributed by atoms with E-state index in [1.165, 1.54) is 6.42 Å². The van der Waals surface area contributed by atoms with Crippen LogP contribution < -0.4 is 11.1 Å². The standard InChI is InChI=1S/C15H24N4O/c1-18-9-3-4-14(10-18)19(2)11-15(20)17-13-7-5-12(16)6-8-13/h5-8,14H,3-4,9-11,16H2,1-2H3,(H,17,20). The second kappa shape index (κ2) is 6.72. The molecule has 1 aromatic carbocycles. The minimum absolute atomic E-state index is 0.0190. The molecule has 1 atom stereocenters. The summed E-state index contributed by atoms with van der Waals surface area (Å²) in [7, 11) is 4.15. The summed E-state index contributed by atoms with van der Waals surface area (Å²) in [4.78, 5) is 16.5.